The molecule has 0 aliphatic heterocycles. The highest BCUT2D eigenvalue weighted by molar-refractivity contribution is 5.84. The Kier molecular flexibility index (Phi) is 2.81. The highest BCUT2D eigenvalue weighted by Gasteiger charge is 2.26. The molecular formula is C17H15N3O. The van der Waals surface area contributed by atoms with Gasteiger partial charge in [0, 0.05) is 17.5 Å². The topological polar surface area (TPSA) is 58.6 Å². The standard InChI is InChI=1S/C17H15N3O/c21-17-13-8-2-1-7-12(13)16(19-20-17)14-9-3-5-11-6-4-10-18-15(11)14/h1-2,4,6-8,10,14H,3,5,9H2,(H,20,21). The number of pyridine rings is 1. The molecule has 21 heavy (non-hydrogen) atoms. The van der Waals surface area contributed by atoms with Gasteiger partial charge >= 0.3 is 0 Å². The minimum atomic E-state index is -0.133. The van der Waals surface area contributed by atoms with Crippen molar-refractivity contribution in [3.05, 3.63) is 69.9 Å². The lowest BCUT2D eigenvalue weighted by Gasteiger charge is -2.24. The molecule has 4 nitrogen and oxygen atoms in total. The van der Waals surface area contributed by atoms with E-state index >= 15 is 0 Å². The van der Waals surface area contributed by atoms with Gasteiger partial charge < -0.3 is 0 Å². The van der Waals surface area contributed by atoms with Crippen molar-refractivity contribution < 1.29 is 0 Å². The summed E-state index contributed by atoms with van der Waals surface area (Å²) >= 11 is 0. The van der Waals surface area contributed by atoms with Crippen LogP contribution in [-0.2, 0) is 6.42 Å². The van der Waals surface area contributed by atoms with Gasteiger partial charge in [-0.2, -0.15) is 5.10 Å². The number of hydrogen-bond donors (Lipinski definition) is 1. The summed E-state index contributed by atoms with van der Waals surface area (Å²) in [6.45, 7) is 0. The summed E-state index contributed by atoms with van der Waals surface area (Å²) < 4.78 is 0. The quantitative estimate of drug-likeness (QED) is 0.744. The predicted molar refractivity (Wildman–Crippen MR) is 81.4 cm³/mol. The van der Waals surface area contributed by atoms with Crippen molar-refractivity contribution in [2.75, 3.05) is 0 Å². The number of nitrogens with one attached hydrogen (secondary N) is 1. The second-order valence-corrected chi connectivity index (χ2v) is 5.48. The van der Waals surface area contributed by atoms with Crippen molar-refractivity contribution in [3.63, 3.8) is 0 Å². The van der Waals surface area contributed by atoms with E-state index < -0.39 is 0 Å². The van der Waals surface area contributed by atoms with Crippen LogP contribution in [0.15, 0.2) is 47.4 Å². The Labute approximate surface area is 121 Å². The Hall–Kier alpha value is -2.49. The third-order valence-electron chi connectivity index (χ3n) is 4.25. The average molecular weight is 277 g/mol. The fraction of sp³-hybridized carbons (Fsp3) is 0.235. The Morgan fingerprint density at radius 3 is 2.81 bits per heavy atom. The molecule has 2 aromatic heterocycles. The van der Waals surface area contributed by atoms with E-state index in [1.807, 2.05) is 36.5 Å². The summed E-state index contributed by atoms with van der Waals surface area (Å²) in [6.07, 6.45) is 5.05. The van der Waals surface area contributed by atoms with Gasteiger partial charge in [-0.05, 0) is 37.0 Å². The number of fused-ring (bicyclic) bond motifs is 2. The zero-order chi connectivity index (χ0) is 14.2. The van der Waals surface area contributed by atoms with Gasteiger partial charge in [0.25, 0.3) is 5.56 Å². The van der Waals surface area contributed by atoms with Crippen LogP contribution in [0.1, 0.15) is 35.7 Å². The SMILES string of the molecule is O=c1[nH]nc(C2CCCc3cccnc32)c2ccccc12. The lowest BCUT2D eigenvalue weighted by molar-refractivity contribution is 0.585. The van der Waals surface area contributed by atoms with E-state index in [-0.39, 0.29) is 11.5 Å². The summed E-state index contributed by atoms with van der Waals surface area (Å²) in [6, 6.07) is 11.8. The Morgan fingerprint density at radius 2 is 1.90 bits per heavy atom. The first-order valence-electron chi connectivity index (χ1n) is 7.25. The van der Waals surface area contributed by atoms with E-state index in [0.717, 1.165) is 36.0 Å². The third-order valence-corrected chi connectivity index (χ3v) is 4.25. The molecule has 1 N–H and O–H groups in total. The lowest BCUT2D eigenvalue weighted by atomic mass is 9.83. The number of hydrogen-bond acceptors (Lipinski definition) is 3. The van der Waals surface area contributed by atoms with Crippen LogP contribution in [0.5, 0.6) is 0 Å². The number of aromatic nitrogens is 3. The summed E-state index contributed by atoms with van der Waals surface area (Å²) in [5.41, 5.74) is 3.20. The zero-order valence-electron chi connectivity index (χ0n) is 11.5. The molecule has 4 rings (SSSR count). The second kappa shape index (κ2) is 4.81. The number of H-pyrrole nitrogens is 1. The van der Waals surface area contributed by atoms with Crippen molar-refractivity contribution in [1.82, 2.24) is 15.2 Å². The highest BCUT2D eigenvalue weighted by atomic mass is 16.1. The number of rotatable bonds is 1. The van der Waals surface area contributed by atoms with Crippen LogP contribution in [0.4, 0.5) is 0 Å². The van der Waals surface area contributed by atoms with Gasteiger partial charge in [-0.3, -0.25) is 9.78 Å². The molecule has 0 radical (unpaired) electrons. The molecule has 1 unspecified atom stereocenters. The maximum atomic E-state index is 11.9. The van der Waals surface area contributed by atoms with E-state index in [1.54, 1.807) is 0 Å². The number of nitrogens with zero attached hydrogens (tertiary/aromatic N) is 2. The summed E-state index contributed by atoms with van der Waals surface area (Å²) in [7, 11) is 0. The first-order valence-corrected chi connectivity index (χ1v) is 7.25. The van der Waals surface area contributed by atoms with Crippen LogP contribution in [-0.4, -0.2) is 15.2 Å². The number of aromatic amines is 1. The van der Waals surface area contributed by atoms with Crippen molar-refractivity contribution in [2.45, 2.75) is 25.2 Å². The summed E-state index contributed by atoms with van der Waals surface area (Å²) in [5.74, 6) is 0.164. The van der Waals surface area contributed by atoms with Crippen molar-refractivity contribution in [2.24, 2.45) is 0 Å². The molecule has 1 atom stereocenters. The van der Waals surface area contributed by atoms with E-state index in [2.05, 4.69) is 21.2 Å². The van der Waals surface area contributed by atoms with Gasteiger partial charge in [0.2, 0.25) is 0 Å². The molecule has 1 aromatic carbocycles. The van der Waals surface area contributed by atoms with Gasteiger partial charge in [-0.1, -0.05) is 24.3 Å². The number of aryl methyl sites for hydroxylation is 1. The molecule has 0 fully saturated rings. The Morgan fingerprint density at radius 1 is 1.05 bits per heavy atom. The van der Waals surface area contributed by atoms with Gasteiger partial charge in [-0.25, -0.2) is 5.10 Å². The predicted octanol–water partition coefficient (Wildman–Crippen LogP) is 2.79. The van der Waals surface area contributed by atoms with Crippen LogP contribution in [0, 0.1) is 0 Å². The fourth-order valence-corrected chi connectivity index (χ4v) is 3.28. The molecule has 0 spiro atoms. The molecule has 4 heteroatoms. The van der Waals surface area contributed by atoms with Crippen molar-refractivity contribution >= 4 is 10.8 Å². The molecular weight excluding hydrogens is 262 g/mol. The molecule has 0 bridgehead atoms. The van der Waals surface area contributed by atoms with Crippen LogP contribution < -0.4 is 5.56 Å². The highest BCUT2D eigenvalue weighted by Crippen LogP contribution is 2.36. The van der Waals surface area contributed by atoms with Crippen LogP contribution >= 0.6 is 0 Å². The smallest absolute Gasteiger partial charge is 0.267 e. The minimum Gasteiger partial charge on any atom is -0.267 e. The van der Waals surface area contributed by atoms with Crippen molar-refractivity contribution in [1.29, 1.82) is 0 Å². The molecule has 0 saturated carbocycles. The maximum Gasteiger partial charge on any atom is 0.272 e. The third kappa shape index (κ3) is 1.95. The second-order valence-electron chi connectivity index (χ2n) is 5.48. The lowest BCUT2D eigenvalue weighted by Crippen LogP contribution is -2.18. The van der Waals surface area contributed by atoms with E-state index in [9.17, 15) is 4.79 Å². The molecule has 1 aliphatic carbocycles. The van der Waals surface area contributed by atoms with E-state index in [0.29, 0.717) is 5.39 Å². The molecule has 0 saturated heterocycles. The van der Waals surface area contributed by atoms with Crippen molar-refractivity contribution in [3.8, 4) is 0 Å². The first-order chi connectivity index (χ1) is 10.3. The Bertz CT molecular complexity index is 869. The molecule has 104 valence electrons. The Balaban J connectivity index is 1.97. The monoisotopic (exact) mass is 277 g/mol. The van der Waals surface area contributed by atoms with Gasteiger partial charge in [0.05, 0.1) is 16.8 Å². The summed E-state index contributed by atoms with van der Waals surface area (Å²) in [5, 5.41) is 8.62. The van der Waals surface area contributed by atoms with Crippen LogP contribution in [0.3, 0.4) is 0 Å². The van der Waals surface area contributed by atoms with Gasteiger partial charge in [0.15, 0.2) is 0 Å². The molecule has 2 heterocycles. The van der Waals surface area contributed by atoms with E-state index in [4.69, 9.17) is 0 Å². The van der Waals surface area contributed by atoms with Crippen LogP contribution in [0.25, 0.3) is 10.8 Å². The first kappa shape index (κ1) is 12.3. The van der Waals surface area contributed by atoms with Crippen LogP contribution in [0.2, 0.25) is 0 Å². The zero-order valence-corrected chi connectivity index (χ0v) is 11.5. The molecule has 3 aromatic rings. The molecule has 1 aliphatic rings. The normalized spacial score (nSPS) is 17.6. The maximum absolute atomic E-state index is 11.9. The molecule has 0 amide bonds. The van der Waals surface area contributed by atoms with Gasteiger partial charge in [-0.15, -0.1) is 0 Å². The summed E-state index contributed by atoms with van der Waals surface area (Å²) in [4.78, 5) is 16.5. The van der Waals surface area contributed by atoms with E-state index in [1.165, 1.54) is 5.56 Å². The average Bonchev–Trinajstić information content (AvgIpc) is 2.55. The number of benzene rings is 1. The largest absolute Gasteiger partial charge is 0.272 e. The minimum absolute atomic E-state index is 0.133. The fourth-order valence-electron chi connectivity index (χ4n) is 3.28. The van der Waals surface area contributed by atoms with Gasteiger partial charge in [0.1, 0.15) is 0 Å².